The fraction of sp³-hybridized carbons (Fsp3) is 0.462. The van der Waals surface area contributed by atoms with Crippen molar-refractivity contribution in [3.05, 3.63) is 35.4 Å². The van der Waals surface area contributed by atoms with Gasteiger partial charge in [-0.25, -0.2) is 0 Å². The Kier molecular flexibility index (Phi) is 3.25. The highest BCUT2D eigenvalue weighted by Gasteiger charge is 2.29. The third kappa shape index (κ3) is 2.42. The smallest absolute Gasteiger partial charge is 0.227 e. The number of carbonyl (C=O) groups is 1. The van der Waals surface area contributed by atoms with Crippen molar-refractivity contribution in [2.75, 3.05) is 19.7 Å². The normalized spacial score (nSPS) is 16.0. The highest BCUT2D eigenvalue weighted by atomic mass is 16.3. The topological polar surface area (TPSA) is 40.5 Å². The average Bonchev–Trinajstić information content (AvgIpc) is 2.20. The Bertz CT molecular complexity index is 366. The molecule has 1 N–H and O–H groups in total. The fourth-order valence-corrected chi connectivity index (χ4v) is 1.88. The lowest BCUT2D eigenvalue weighted by Gasteiger charge is -2.38. The number of amides is 1. The van der Waals surface area contributed by atoms with Gasteiger partial charge in [0.05, 0.1) is 6.42 Å². The summed E-state index contributed by atoms with van der Waals surface area (Å²) in [6, 6.07) is 8.04. The Hall–Kier alpha value is -1.35. The van der Waals surface area contributed by atoms with Gasteiger partial charge in [-0.15, -0.1) is 0 Å². The van der Waals surface area contributed by atoms with Gasteiger partial charge in [-0.1, -0.05) is 29.8 Å². The summed E-state index contributed by atoms with van der Waals surface area (Å²) in [6.07, 6.45) is 0.471. The number of aryl methyl sites for hydroxylation is 1. The third-order valence-corrected chi connectivity index (χ3v) is 3.04. The van der Waals surface area contributed by atoms with E-state index in [1.54, 1.807) is 4.90 Å². The average molecular weight is 219 g/mol. The van der Waals surface area contributed by atoms with Crippen molar-refractivity contribution in [3.63, 3.8) is 0 Å². The van der Waals surface area contributed by atoms with Gasteiger partial charge in [0.15, 0.2) is 0 Å². The maximum Gasteiger partial charge on any atom is 0.227 e. The second-order valence-corrected chi connectivity index (χ2v) is 4.51. The second kappa shape index (κ2) is 4.66. The van der Waals surface area contributed by atoms with E-state index in [9.17, 15) is 4.79 Å². The van der Waals surface area contributed by atoms with Crippen molar-refractivity contribution >= 4 is 5.91 Å². The standard InChI is InChI=1S/C13H17NO2/c1-10-2-4-11(5-3-10)6-13(16)14-7-12(8-14)9-15/h2-5,12,15H,6-9H2,1H3. The Morgan fingerprint density at radius 3 is 2.56 bits per heavy atom. The molecule has 1 aliphatic rings. The van der Waals surface area contributed by atoms with Crippen molar-refractivity contribution in [3.8, 4) is 0 Å². The molecule has 1 heterocycles. The van der Waals surface area contributed by atoms with Gasteiger partial charge in [-0.2, -0.15) is 0 Å². The van der Waals surface area contributed by atoms with Gasteiger partial charge in [0.1, 0.15) is 0 Å². The number of hydrogen-bond donors (Lipinski definition) is 1. The number of hydrogen-bond acceptors (Lipinski definition) is 2. The molecular formula is C13H17NO2. The molecule has 3 heteroatoms. The van der Waals surface area contributed by atoms with Crippen molar-refractivity contribution in [2.24, 2.45) is 5.92 Å². The van der Waals surface area contributed by atoms with Crippen LogP contribution < -0.4 is 0 Å². The molecule has 1 fully saturated rings. The monoisotopic (exact) mass is 219 g/mol. The van der Waals surface area contributed by atoms with Crippen LogP contribution in [0.25, 0.3) is 0 Å². The zero-order valence-corrected chi connectivity index (χ0v) is 9.52. The van der Waals surface area contributed by atoms with Gasteiger partial charge in [0.25, 0.3) is 0 Å². The number of nitrogens with zero attached hydrogens (tertiary/aromatic N) is 1. The van der Waals surface area contributed by atoms with E-state index in [-0.39, 0.29) is 12.5 Å². The first kappa shape index (κ1) is 11.1. The van der Waals surface area contributed by atoms with E-state index in [4.69, 9.17) is 5.11 Å². The van der Waals surface area contributed by atoms with E-state index >= 15 is 0 Å². The van der Waals surface area contributed by atoms with Gasteiger partial charge in [0.2, 0.25) is 5.91 Å². The van der Waals surface area contributed by atoms with Crippen LogP contribution in [0.15, 0.2) is 24.3 Å². The number of likely N-dealkylation sites (tertiary alicyclic amines) is 1. The van der Waals surface area contributed by atoms with Gasteiger partial charge in [-0.05, 0) is 12.5 Å². The molecule has 1 saturated heterocycles. The second-order valence-electron chi connectivity index (χ2n) is 4.51. The minimum absolute atomic E-state index is 0.161. The predicted molar refractivity (Wildman–Crippen MR) is 62.0 cm³/mol. The lowest BCUT2D eigenvalue weighted by Crippen LogP contribution is -2.51. The number of aliphatic hydroxyl groups excluding tert-OH is 1. The van der Waals surface area contributed by atoms with Crippen LogP contribution in [0.5, 0.6) is 0 Å². The molecular weight excluding hydrogens is 202 g/mol. The van der Waals surface area contributed by atoms with Crippen molar-refractivity contribution < 1.29 is 9.90 Å². The van der Waals surface area contributed by atoms with Crippen LogP contribution in [0.1, 0.15) is 11.1 Å². The molecule has 1 aliphatic heterocycles. The van der Waals surface area contributed by atoms with Crippen LogP contribution >= 0.6 is 0 Å². The number of aliphatic hydroxyl groups is 1. The van der Waals surface area contributed by atoms with E-state index in [1.807, 2.05) is 31.2 Å². The Balaban J connectivity index is 1.86. The number of benzene rings is 1. The van der Waals surface area contributed by atoms with Crippen molar-refractivity contribution in [1.29, 1.82) is 0 Å². The molecule has 86 valence electrons. The summed E-state index contributed by atoms with van der Waals surface area (Å²) in [5.41, 5.74) is 2.27. The maximum absolute atomic E-state index is 11.8. The Labute approximate surface area is 95.7 Å². The van der Waals surface area contributed by atoms with Crippen LogP contribution in [0.2, 0.25) is 0 Å². The van der Waals surface area contributed by atoms with Crippen molar-refractivity contribution in [1.82, 2.24) is 4.90 Å². The molecule has 0 radical (unpaired) electrons. The maximum atomic E-state index is 11.8. The van der Waals surface area contributed by atoms with Crippen molar-refractivity contribution in [2.45, 2.75) is 13.3 Å². The van der Waals surface area contributed by atoms with Crippen LogP contribution in [0.4, 0.5) is 0 Å². The molecule has 1 aromatic carbocycles. The molecule has 0 atom stereocenters. The summed E-state index contributed by atoms with van der Waals surface area (Å²) in [5, 5.41) is 8.87. The third-order valence-electron chi connectivity index (χ3n) is 3.04. The largest absolute Gasteiger partial charge is 0.396 e. The molecule has 0 saturated carbocycles. The summed E-state index contributed by atoms with van der Waals surface area (Å²) in [7, 11) is 0. The highest BCUT2D eigenvalue weighted by Crippen LogP contribution is 2.16. The first-order valence-electron chi connectivity index (χ1n) is 5.63. The molecule has 0 spiro atoms. The summed E-state index contributed by atoms with van der Waals surface area (Å²) in [6.45, 7) is 3.64. The van der Waals surface area contributed by atoms with E-state index in [1.165, 1.54) is 5.56 Å². The molecule has 0 unspecified atom stereocenters. The van der Waals surface area contributed by atoms with Gasteiger partial charge >= 0.3 is 0 Å². The lowest BCUT2D eigenvalue weighted by atomic mass is 10.00. The summed E-state index contributed by atoms with van der Waals surface area (Å²) in [5.74, 6) is 0.454. The van der Waals surface area contributed by atoms with Gasteiger partial charge < -0.3 is 10.0 Å². The lowest BCUT2D eigenvalue weighted by molar-refractivity contribution is -0.137. The van der Waals surface area contributed by atoms with Crippen LogP contribution in [-0.2, 0) is 11.2 Å². The molecule has 1 amide bonds. The molecule has 0 bridgehead atoms. The quantitative estimate of drug-likeness (QED) is 0.823. The molecule has 1 aromatic rings. The highest BCUT2D eigenvalue weighted by molar-refractivity contribution is 5.79. The summed E-state index contributed by atoms with van der Waals surface area (Å²) in [4.78, 5) is 13.6. The molecule has 3 nitrogen and oxygen atoms in total. The zero-order chi connectivity index (χ0) is 11.5. The SMILES string of the molecule is Cc1ccc(CC(=O)N2CC(CO)C2)cc1. The van der Waals surface area contributed by atoms with E-state index < -0.39 is 0 Å². The summed E-state index contributed by atoms with van der Waals surface area (Å²) >= 11 is 0. The molecule has 16 heavy (non-hydrogen) atoms. The Morgan fingerprint density at radius 1 is 1.38 bits per heavy atom. The predicted octanol–water partition coefficient (Wildman–Crippen LogP) is 0.988. The minimum atomic E-state index is 0.161. The van der Waals surface area contributed by atoms with Crippen LogP contribution in [0, 0.1) is 12.8 Å². The van der Waals surface area contributed by atoms with Gasteiger partial charge in [-0.3, -0.25) is 4.79 Å². The Morgan fingerprint density at radius 2 is 2.00 bits per heavy atom. The molecule has 2 rings (SSSR count). The number of carbonyl (C=O) groups excluding carboxylic acids is 1. The van der Waals surface area contributed by atoms with E-state index in [0.29, 0.717) is 25.4 Å². The van der Waals surface area contributed by atoms with Gasteiger partial charge in [0, 0.05) is 25.6 Å². The first-order chi connectivity index (χ1) is 7.69. The van der Waals surface area contributed by atoms with E-state index in [2.05, 4.69) is 0 Å². The minimum Gasteiger partial charge on any atom is -0.396 e. The first-order valence-corrected chi connectivity index (χ1v) is 5.63. The number of rotatable bonds is 3. The fourth-order valence-electron chi connectivity index (χ4n) is 1.88. The van der Waals surface area contributed by atoms with Crippen LogP contribution in [0.3, 0.4) is 0 Å². The molecule has 0 aromatic heterocycles. The van der Waals surface area contributed by atoms with E-state index in [0.717, 1.165) is 5.56 Å². The zero-order valence-electron chi connectivity index (χ0n) is 9.52. The molecule has 0 aliphatic carbocycles. The summed E-state index contributed by atoms with van der Waals surface area (Å²) < 4.78 is 0. The van der Waals surface area contributed by atoms with Crippen LogP contribution in [-0.4, -0.2) is 35.6 Å².